The number of para-hydroxylation sites is 1. The molecule has 1 heterocycles. The zero-order valence-corrected chi connectivity index (χ0v) is 18.9. The minimum Gasteiger partial charge on any atom is -0.493 e. The predicted octanol–water partition coefficient (Wildman–Crippen LogP) is 4.30. The topological polar surface area (TPSA) is 84.9 Å². The zero-order chi connectivity index (χ0) is 22.7. The number of ether oxygens (including phenoxy) is 2. The van der Waals surface area contributed by atoms with Crippen LogP contribution in [0.5, 0.6) is 11.5 Å². The molecular weight excluding hydrogens is 416 g/mol. The Morgan fingerprint density at radius 3 is 2.26 bits per heavy atom. The van der Waals surface area contributed by atoms with Gasteiger partial charge in [-0.3, -0.25) is 19.3 Å². The standard InChI is InChI=1S/C23H24N2O5S/c1-13-7-6-8-14(2)21(13)24-20(26)12-25-22(27)19(31-23(25)28)11-16-10-18(30-5)17(29-4)9-15(16)3/h6-11H,12H2,1-5H3,(H,24,26)/b19-11-. The van der Waals surface area contributed by atoms with Gasteiger partial charge in [-0.2, -0.15) is 0 Å². The number of carbonyl (C=O) groups is 3. The van der Waals surface area contributed by atoms with Gasteiger partial charge in [0.25, 0.3) is 11.1 Å². The largest absolute Gasteiger partial charge is 0.493 e. The van der Waals surface area contributed by atoms with Crippen molar-refractivity contribution in [2.75, 3.05) is 26.1 Å². The summed E-state index contributed by atoms with van der Waals surface area (Å²) < 4.78 is 10.6. The van der Waals surface area contributed by atoms with Crippen molar-refractivity contribution >= 4 is 40.6 Å². The van der Waals surface area contributed by atoms with Crippen molar-refractivity contribution < 1.29 is 23.9 Å². The minimum atomic E-state index is -0.499. The van der Waals surface area contributed by atoms with E-state index in [1.165, 1.54) is 7.11 Å². The molecule has 0 radical (unpaired) electrons. The van der Waals surface area contributed by atoms with Gasteiger partial charge in [0.2, 0.25) is 5.91 Å². The van der Waals surface area contributed by atoms with Gasteiger partial charge in [-0.1, -0.05) is 18.2 Å². The summed E-state index contributed by atoms with van der Waals surface area (Å²) in [6.45, 7) is 5.30. The summed E-state index contributed by atoms with van der Waals surface area (Å²) in [7, 11) is 3.07. The maximum Gasteiger partial charge on any atom is 0.294 e. The summed E-state index contributed by atoms with van der Waals surface area (Å²) in [4.78, 5) is 39.0. The highest BCUT2D eigenvalue weighted by Gasteiger charge is 2.36. The van der Waals surface area contributed by atoms with E-state index in [2.05, 4.69) is 5.32 Å². The smallest absolute Gasteiger partial charge is 0.294 e. The number of imide groups is 1. The van der Waals surface area contributed by atoms with Crippen LogP contribution in [0.2, 0.25) is 0 Å². The Bertz CT molecular complexity index is 1070. The van der Waals surface area contributed by atoms with E-state index in [0.29, 0.717) is 17.2 Å². The van der Waals surface area contributed by atoms with Gasteiger partial charge in [0, 0.05) is 5.69 Å². The third-order valence-electron chi connectivity index (χ3n) is 4.98. The number of rotatable bonds is 6. The van der Waals surface area contributed by atoms with Crippen molar-refractivity contribution in [3.63, 3.8) is 0 Å². The first-order chi connectivity index (χ1) is 14.7. The molecule has 3 amide bonds. The number of amides is 3. The molecule has 0 aliphatic carbocycles. The van der Waals surface area contributed by atoms with Crippen LogP contribution in [0.4, 0.5) is 10.5 Å². The molecule has 162 valence electrons. The van der Waals surface area contributed by atoms with Crippen molar-refractivity contribution in [3.05, 3.63) is 57.5 Å². The van der Waals surface area contributed by atoms with Crippen molar-refractivity contribution in [2.45, 2.75) is 20.8 Å². The molecule has 1 aliphatic rings. The van der Waals surface area contributed by atoms with Crippen LogP contribution >= 0.6 is 11.8 Å². The summed E-state index contributed by atoms with van der Waals surface area (Å²) in [5.74, 6) is 0.170. The molecule has 0 saturated carbocycles. The van der Waals surface area contributed by atoms with Gasteiger partial charge in [0.1, 0.15) is 6.54 Å². The molecule has 1 fully saturated rings. The molecule has 1 saturated heterocycles. The van der Waals surface area contributed by atoms with Crippen LogP contribution in [0.1, 0.15) is 22.3 Å². The third kappa shape index (κ3) is 4.74. The van der Waals surface area contributed by atoms with Crippen LogP contribution in [-0.2, 0) is 9.59 Å². The van der Waals surface area contributed by atoms with Crippen molar-refractivity contribution in [1.82, 2.24) is 4.90 Å². The lowest BCUT2D eigenvalue weighted by Gasteiger charge is -2.15. The average Bonchev–Trinajstić information content (AvgIpc) is 2.99. The molecule has 7 nitrogen and oxygen atoms in total. The van der Waals surface area contributed by atoms with Crippen LogP contribution in [0, 0.1) is 20.8 Å². The Hall–Kier alpha value is -3.26. The van der Waals surface area contributed by atoms with Crippen molar-refractivity contribution in [2.24, 2.45) is 0 Å². The molecule has 0 atom stereocenters. The molecule has 0 unspecified atom stereocenters. The highest BCUT2D eigenvalue weighted by atomic mass is 32.2. The van der Waals surface area contributed by atoms with Gasteiger partial charge in [-0.25, -0.2) is 0 Å². The van der Waals surface area contributed by atoms with E-state index >= 15 is 0 Å². The SMILES string of the molecule is COc1cc(C)c(/C=C2\SC(=O)N(CC(=O)Nc3c(C)cccc3C)C2=O)cc1OC. The third-order valence-corrected chi connectivity index (χ3v) is 5.89. The number of aryl methyl sites for hydroxylation is 3. The van der Waals surface area contributed by atoms with E-state index in [-0.39, 0.29) is 11.4 Å². The fourth-order valence-electron chi connectivity index (χ4n) is 3.26. The molecular formula is C23H24N2O5S. The second-order valence-electron chi connectivity index (χ2n) is 7.15. The van der Waals surface area contributed by atoms with Crippen LogP contribution < -0.4 is 14.8 Å². The molecule has 3 rings (SSSR count). The molecule has 0 aromatic heterocycles. The number of hydrogen-bond donors (Lipinski definition) is 1. The van der Waals surface area contributed by atoms with E-state index < -0.39 is 17.1 Å². The van der Waals surface area contributed by atoms with Gasteiger partial charge >= 0.3 is 0 Å². The fraction of sp³-hybridized carbons (Fsp3) is 0.261. The van der Waals surface area contributed by atoms with E-state index in [1.54, 1.807) is 25.3 Å². The van der Waals surface area contributed by atoms with Crippen LogP contribution in [-0.4, -0.2) is 42.7 Å². The monoisotopic (exact) mass is 440 g/mol. The lowest BCUT2D eigenvalue weighted by Crippen LogP contribution is -2.36. The van der Waals surface area contributed by atoms with Gasteiger partial charge in [-0.05, 0) is 73.0 Å². The fourth-order valence-corrected chi connectivity index (χ4v) is 4.09. The first kappa shape index (κ1) is 22.4. The molecule has 31 heavy (non-hydrogen) atoms. The highest BCUT2D eigenvalue weighted by Crippen LogP contribution is 2.36. The number of thioether (sulfide) groups is 1. The van der Waals surface area contributed by atoms with Gasteiger partial charge in [-0.15, -0.1) is 0 Å². The summed E-state index contributed by atoms with van der Waals surface area (Å²) in [6, 6.07) is 9.22. The Morgan fingerprint density at radius 1 is 1.03 bits per heavy atom. The normalized spacial score (nSPS) is 14.9. The first-order valence-electron chi connectivity index (χ1n) is 9.59. The van der Waals surface area contributed by atoms with E-state index in [4.69, 9.17) is 9.47 Å². The molecule has 1 N–H and O–H groups in total. The molecule has 2 aromatic rings. The maximum absolute atomic E-state index is 12.8. The molecule has 0 bridgehead atoms. The second-order valence-corrected chi connectivity index (χ2v) is 8.14. The Balaban J connectivity index is 1.79. The number of carbonyl (C=O) groups excluding carboxylic acids is 3. The summed E-state index contributed by atoms with van der Waals surface area (Å²) in [5, 5.41) is 2.32. The molecule has 0 spiro atoms. The lowest BCUT2D eigenvalue weighted by molar-refractivity contribution is -0.127. The van der Waals surface area contributed by atoms with Crippen molar-refractivity contribution in [1.29, 1.82) is 0 Å². The summed E-state index contributed by atoms with van der Waals surface area (Å²) in [5.41, 5.74) is 4.09. The van der Waals surface area contributed by atoms with Crippen molar-refractivity contribution in [3.8, 4) is 11.5 Å². The zero-order valence-electron chi connectivity index (χ0n) is 18.1. The quantitative estimate of drug-likeness (QED) is 0.674. The van der Waals surface area contributed by atoms with Gasteiger partial charge in [0.05, 0.1) is 19.1 Å². The number of nitrogens with zero attached hydrogens (tertiary/aromatic N) is 1. The van der Waals surface area contributed by atoms with Crippen LogP contribution in [0.15, 0.2) is 35.2 Å². The van der Waals surface area contributed by atoms with Crippen LogP contribution in [0.3, 0.4) is 0 Å². The number of nitrogens with one attached hydrogen (secondary N) is 1. The number of anilines is 1. The van der Waals surface area contributed by atoms with E-state index in [9.17, 15) is 14.4 Å². The van der Waals surface area contributed by atoms with E-state index in [1.807, 2.05) is 39.0 Å². The predicted molar refractivity (Wildman–Crippen MR) is 122 cm³/mol. The molecule has 2 aromatic carbocycles. The highest BCUT2D eigenvalue weighted by molar-refractivity contribution is 8.18. The van der Waals surface area contributed by atoms with Gasteiger partial charge < -0.3 is 14.8 Å². The van der Waals surface area contributed by atoms with Gasteiger partial charge in [0.15, 0.2) is 11.5 Å². The lowest BCUT2D eigenvalue weighted by atomic mass is 10.1. The maximum atomic E-state index is 12.8. The first-order valence-corrected chi connectivity index (χ1v) is 10.4. The van der Waals surface area contributed by atoms with Crippen LogP contribution in [0.25, 0.3) is 6.08 Å². The average molecular weight is 441 g/mol. The summed E-state index contributed by atoms with van der Waals surface area (Å²) >= 11 is 0.810. The van der Waals surface area contributed by atoms with E-state index in [0.717, 1.165) is 38.9 Å². The Kier molecular flexibility index (Phi) is 6.70. The second kappa shape index (κ2) is 9.26. The molecule has 8 heteroatoms. The Labute approximate surface area is 185 Å². The molecule has 1 aliphatic heterocycles. The number of methoxy groups -OCH3 is 2. The number of benzene rings is 2. The Morgan fingerprint density at radius 2 is 1.65 bits per heavy atom. The number of hydrogen-bond acceptors (Lipinski definition) is 6. The minimum absolute atomic E-state index is 0.250. The summed E-state index contributed by atoms with van der Waals surface area (Å²) in [6.07, 6.45) is 1.63.